The Morgan fingerprint density at radius 1 is 1.19 bits per heavy atom. The Kier molecular flexibility index (Phi) is 4.56. The molecule has 0 amide bonds. The van der Waals surface area contributed by atoms with Gasteiger partial charge in [0.25, 0.3) is 0 Å². The molecule has 1 N–H and O–H groups in total. The Morgan fingerprint density at radius 3 is 2.67 bits per heavy atom. The Balaban J connectivity index is 1.53. The van der Waals surface area contributed by atoms with Crippen molar-refractivity contribution in [1.29, 1.82) is 0 Å². The monoisotopic (exact) mass is 316 g/mol. The van der Waals surface area contributed by atoms with Gasteiger partial charge >= 0.3 is 5.97 Å². The van der Waals surface area contributed by atoms with Gasteiger partial charge in [0, 0.05) is 20.8 Å². The number of carboxylic acid groups (broad SMARTS) is 1. The van der Waals surface area contributed by atoms with E-state index in [1.165, 1.54) is 15.4 Å². The molecule has 21 heavy (non-hydrogen) atoms. The van der Waals surface area contributed by atoms with Crippen LogP contribution in [-0.4, -0.2) is 22.1 Å². The lowest BCUT2D eigenvalue weighted by molar-refractivity contribution is -0.136. The molecule has 0 aromatic heterocycles. The Bertz CT molecular complexity index is 612. The van der Waals surface area contributed by atoms with Gasteiger partial charge in [0.1, 0.15) is 0 Å². The van der Waals surface area contributed by atoms with Crippen LogP contribution in [0.25, 0.3) is 0 Å². The lowest BCUT2D eigenvalue weighted by Crippen LogP contribution is -2.04. The minimum atomic E-state index is -0.782. The van der Waals surface area contributed by atoms with Gasteiger partial charge < -0.3 is 5.11 Å². The number of thioether (sulfide) groups is 2. The van der Waals surface area contributed by atoms with Crippen LogP contribution < -0.4 is 0 Å². The Hall–Kier alpha value is -1.39. The van der Waals surface area contributed by atoms with Gasteiger partial charge in [0.2, 0.25) is 0 Å². The second-order valence-electron chi connectivity index (χ2n) is 5.08. The van der Waals surface area contributed by atoms with E-state index < -0.39 is 5.97 Å². The van der Waals surface area contributed by atoms with Gasteiger partial charge in [-0.25, -0.2) is 0 Å². The number of fused-ring (bicyclic) bond motifs is 1. The summed E-state index contributed by atoms with van der Waals surface area (Å²) in [6, 6.07) is 16.5. The third-order valence-corrected chi connectivity index (χ3v) is 6.13. The van der Waals surface area contributed by atoms with E-state index in [2.05, 4.69) is 24.3 Å². The fraction of sp³-hybridized carbons (Fsp3) is 0.235. The molecule has 0 aliphatic carbocycles. The summed E-state index contributed by atoms with van der Waals surface area (Å²) < 4.78 is 0. The minimum Gasteiger partial charge on any atom is -0.481 e. The smallest absolute Gasteiger partial charge is 0.307 e. The van der Waals surface area contributed by atoms with Crippen molar-refractivity contribution in [2.45, 2.75) is 27.9 Å². The molecule has 0 fully saturated rings. The van der Waals surface area contributed by atoms with Gasteiger partial charge in [-0.15, -0.1) is 23.5 Å². The molecule has 0 bridgehead atoms. The molecule has 3 rings (SSSR count). The van der Waals surface area contributed by atoms with Gasteiger partial charge in [-0.1, -0.05) is 30.3 Å². The number of carbonyl (C=O) groups is 1. The van der Waals surface area contributed by atoms with Crippen molar-refractivity contribution in [3.05, 3.63) is 59.7 Å². The molecule has 2 aromatic carbocycles. The third kappa shape index (κ3) is 3.83. The summed E-state index contributed by atoms with van der Waals surface area (Å²) in [7, 11) is 0. The van der Waals surface area contributed by atoms with Crippen LogP contribution in [0.4, 0.5) is 0 Å². The van der Waals surface area contributed by atoms with Crippen molar-refractivity contribution >= 4 is 29.5 Å². The molecule has 1 unspecified atom stereocenters. The van der Waals surface area contributed by atoms with E-state index >= 15 is 0 Å². The number of carboxylic acids is 1. The van der Waals surface area contributed by atoms with Gasteiger partial charge in [0.05, 0.1) is 6.42 Å². The van der Waals surface area contributed by atoms with Gasteiger partial charge in [0.15, 0.2) is 0 Å². The summed E-state index contributed by atoms with van der Waals surface area (Å²) in [5.74, 6) is 0.299. The lowest BCUT2D eigenvalue weighted by Gasteiger charge is -2.08. The fourth-order valence-corrected chi connectivity index (χ4v) is 4.80. The first kappa shape index (κ1) is 14.5. The zero-order valence-electron chi connectivity index (χ0n) is 11.5. The van der Waals surface area contributed by atoms with E-state index in [0.717, 1.165) is 17.7 Å². The highest BCUT2D eigenvalue weighted by Gasteiger charge is 2.21. The van der Waals surface area contributed by atoms with Crippen molar-refractivity contribution < 1.29 is 9.90 Å². The quantitative estimate of drug-likeness (QED) is 0.842. The van der Waals surface area contributed by atoms with Crippen molar-refractivity contribution in [2.24, 2.45) is 0 Å². The first-order valence-electron chi connectivity index (χ1n) is 6.89. The van der Waals surface area contributed by atoms with Crippen LogP contribution in [0.1, 0.15) is 11.1 Å². The van der Waals surface area contributed by atoms with E-state index in [-0.39, 0.29) is 6.42 Å². The zero-order valence-corrected chi connectivity index (χ0v) is 13.1. The molecule has 1 aliphatic heterocycles. The molecule has 4 heteroatoms. The first-order chi connectivity index (χ1) is 10.2. The van der Waals surface area contributed by atoms with Crippen LogP contribution in [0.3, 0.4) is 0 Å². The Labute approximate surface area is 133 Å². The second kappa shape index (κ2) is 6.58. The second-order valence-corrected chi connectivity index (χ2v) is 7.51. The van der Waals surface area contributed by atoms with Crippen molar-refractivity contribution in [2.75, 3.05) is 5.75 Å². The fourth-order valence-electron chi connectivity index (χ4n) is 2.41. The van der Waals surface area contributed by atoms with Crippen LogP contribution in [0.15, 0.2) is 58.3 Å². The minimum absolute atomic E-state index is 0.0960. The van der Waals surface area contributed by atoms with Crippen LogP contribution in [0, 0.1) is 0 Å². The molecular formula is C17H16O2S2. The maximum atomic E-state index is 10.7. The number of rotatable bonds is 5. The lowest BCUT2D eigenvalue weighted by atomic mass is 10.1. The van der Waals surface area contributed by atoms with Crippen molar-refractivity contribution in [3.63, 3.8) is 0 Å². The molecule has 2 aromatic rings. The highest BCUT2D eigenvalue weighted by molar-refractivity contribution is 8.03. The maximum Gasteiger partial charge on any atom is 0.307 e. The predicted octanol–water partition coefficient (Wildman–Crippen LogP) is 4.12. The summed E-state index contributed by atoms with van der Waals surface area (Å²) >= 11 is 3.82. The molecule has 0 radical (unpaired) electrons. The predicted molar refractivity (Wildman–Crippen MR) is 88.3 cm³/mol. The first-order valence-corrected chi connectivity index (χ1v) is 8.75. The summed E-state index contributed by atoms with van der Waals surface area (Å²) in [6.45, 7) is 0. The Morgan fingerprint density at radius 2 is 1.95 bits per heavy atom. The largest absolute Gasteiger partial charge is 0.481 e. The highest BCUT2D eigenvalue weighted by Crippen LogP contribution is 2.39. The average molecular weight is 316 g/mol. The summed E-state index contributed by atoms with van der Waals surface area (Å²) in [6.07, 6.45) is 1.24. The highest BCUT2D eigenvalue weighted by atomic mass is 32.2. The van der Waals surface area contributed by atoms with Crippen molar-refractivity contribution in [3.8, 4) is 0 Å². The third-order valence-electron chi connectivity index (χ3n) is 3.43. The zero-order chi connectivity index (χ0) is 14.7. The number of benzene rings is 2. The summed E-state index contributed by atoms with van der Waals surface area (Å²) in [4.78, 5) is 13.3. The standard InChI is InChI=1S/C17H16O2S2/c18-17(19)9-12-5-7-14(8-6-12)20-11-15-10-13-3-1-2-4-16(13)21-15/h1-8,15H,9-11H2,(H,18,19). The molecule has 0 saturated carbocycles. The molecule has 2 nitrogen and oxygen atoms in total. The summed E-state index contributed by atoms with van der Waals surface area (Å²) in [5, 5.41) is 9.39. The molecule has 0 saturated heterocycles. The van der Waals surface area contributed by atoms with Crippen LogP contribution in [-0.2, 0) is 17.6 Å². The molecule has 1 aliphatic rings. The van der Waals surface area contributed by atoms with Crippen molar-refractivity contribution in [1.82, 2.24) is 0 Å². The van der Waals surface area contributed by atoms with E-state index in [0.29, 0.717) is 5.25 Å². The maximum absolute atomic E-state index is 10.7. The molecule has 0 spiro atoms. The molecular weight excluding hydrogens is 300 g/mol. The number of hydrogen-bond donors (Lipinski definition) is 1. The molecule has 108 valence electrons. The summed E-state index contributed by atoms with van der Waals surface area (Å²) in [5.41, 5.74) is 2.32. The SMILES string of the molecule is O=C(O)Cc1ccc(SCC2Cc3ccccc3S2)cc1. The molecule has 1 heterocycles. The number of hydrogen-bond acceptors (Lipinski definition) is 3. The molecule has 1 atom stereocenters. The van der Waals surface area contributed by atoms with Crippen LogP contribution >= 0.6 is 23.5 Å². The number of aliphatic carboxylic acids is 1. The topological polar surface area (TPSA) is 37.3 Å². The van der Waals surface area contributed by atoms with Gasteiger partial charge in [-0.05, 0) is 35.7 Å². The van der Waals surface area contributed by atoms with Crippen LogP contribution in [0.5, 0.6) is 0 Å². The van der Waals surface area contributed by atoms with E-state index in [4.69, 9.17) is 5.11 Å². The van der Waals surface area contributed by atoms with Gasteiger partial charge in [-0.2, -0.15) is 0 Å². The van der Waals surface area contributed by atoms with Crippen LogP contribution in [0.2, 0.25) is 0 Å². The normalized spacial score (nSPS) is 16.7. The van der Waals surface area contributed by atoms with E-state index in [1.54, 1.807) is 0 Å². The van der Waals surface area contributed by atoms with Gasteiger partial charge in [-0.3, -0.25) is 4.79 Å². The average Bonchev–Trinajstić information content (AvgIpc) is 2.89. The van der Waals surface area contributed by atoms with E-state index in [1.807, 2.05) is 47.8 Å². The van der Waals surface area contributed by atoms with E-state index in [9.17, 15) is 4.79 Å².